The van der Waals surface area contributed by atoms with E-state index in [2.05, 4.69) is 4.72 Å². The lowest BCUT2D eigenvalue weighted by Crippen LogP contribution is -2.28. The van der Waals surface area contributed by atoms with E-state index in [0.717, 1.165) is 41.0 Å². The minimum absolute atomic E-state index is 0.113. The first-order valence-corrected chi connectivity index (χ1v) is 12.6. The largest absolute Gasteiger partial charge is 0.337 e. The van der Waals surface area contributed by atoms with Crippen molar-refractivity contribution in [2.75, 3.05) is 13.6 Å². The van der Waals surface area contributed by atoms with E-state index in [1.54, 1.807) is 24.1 Å². The Morgan fingerprint density at radius 1 is 1.12 bits per heavy atom. The minimum Gasteiger partial charge on any atom is -0.337 e. The van der Waals surface area contributed by atoms with Crippen LogP contribution >= 0.6 is 0 Å². The molecular formula is C25H30N4O3S. The molecule has 8 heteroatoms. The number of amides is 1. The van der Waals surface area contributed by atoms with Crippen LogP contribution in [0.2, 0.25) is 0 Å². The van der Waals surface area contributed by atoms with Crippen molar-refractivity contribution < 1.29 is 13.2 Å². The Bertz CT molecular complexity index is 1290. The van der Waals surface area contributed by atoms with Gasteiger partial charge in [-0.3, -0.25) is 4.79 Å². The van der Waals surface area contributed by atoms with Crippen LogP contribution in [0.15, 0.2) is 53.4 Å². The third-order valence-electron chi connectivity index (χ3n) is 6.18. The number of hydrogen-bond donors (Lipinski definition) is 1. The molecular weight excluding hydrogens is 436 g/mol. The Labute approximate surface area is 195 Å². The maximum absolute atomic E-state index is 13.1. The fraction of sp³-hybridized carbons (Fsp3) is 0.360. The Morgan fingerprint density at radius 3 is 2.55 bits per heavy atom. The third-order valence-corrected chi connectivity index (χ3v) is 7.60. The number of rotatable bonds is 8. The highest BCUT2D eigenvalue weighted by molar-refractivity contribution is 7.89. The summed E-state index contributed by atoms with van der Waals surface area (Å²) in [5.41, 5.74) is 5.28. The number of aryl methyl sites for hydroxylation is 2. The molecule has 4 rings (SSSR count). The monoisotopic (exact) mass is 466 g/mol. The van der Waals surface area contributed by atoms with Gasteiger partial charge in [-0.15, -0.1) is 0 Å². The van der Waals surface area contributed by atoms with Crippen molar-refractivity contribution in [1.29, 1.82) is 0 Å². The fourth-order valence-corrected chi connectivity index (χ4v) is 5.06. The van der Waals surface area contributed by atoms with Gasteiger partial charge < -0.3 is 4.90 Å². The van der Waals surface area contributed by atoms with Crippen LogP contribution in [0, 0.1) is 26.7 Å². The zero-order valence-electron chi connectivity index (χ0n) is 19.5. The van der Waals surface area contributed by atoms with Crippen molar-refractivity contribution >= 4 is 15.9 Å². The molecule has 33 heavy (non-hydrogen) atoms. The van der Waals surface area contributed by atoms with Gasteiger partial charge in [-0.2, -0.15) is 5.10 Å². The van der Waals surface area contributed by atoms with Crippen molar-refractivity contribution in [3.8, 4) is 5.69 Å². The summed E-state index contributed by atoms with van der Waals surface area (Å²) in [7, 11) is -1.91. The molecule has 1 aliphatic rings. The van der Waals surface area contributed by atoms with E-state index in [1.807, 2.05) is 49.7 Å². The predicted molar refractivity (Wildman–Crippen MR) is 128 cm³/mol. The van der Waals surface area contributed by atoms with Crippen molar-refractivity contribution in [1.82, 2.24) is 19.4 Å². The molecule has 0 saturated heterocycles. The quantitative estimate of drug-likeness (QED) is 0.548. The van der Waals surface area contributed by atoms with Gasteiger partial charge in [0.15, 0.2) is 0 Å². The number of para-hydroxylation sites is 1. The summed E-state index contributed by atoms with van der Waals surface area (Å²) < 4.78 is 29.8. The third kappa shape index (κ3) is 5.02. The highest BCUT2D eigenvalue weighted by atomic mass is 32.2. The second kappa shape index (κ2) is 9.11. The molecule has 1 N–H and O–H groups in total. The molecule has 1 saturated carbocycles. The molecule has 1 aromatic heterocycles. The van der Waals surface area contributed by atoms with Crippen LogP contribution in [-0.2, 0) is 16.6 Å². The number of sulfonamides is 1. The average molecular weight is 467 g/mol. The predicted octanol–water partition coefficient (Wildman–Crippen LogP) is 3.76. The van der Waals surface area contributed by atoms with Crippen molar-refractivity contribution in [3.05, 3.63) is 76.6 Å². The number of nitrogens with one attached hydrogen (secondary N) is 1. The summed E-state index contributed by atoms with van der Waals surface area (Å²) in [5.74, 6) is 0.194. The van der Waals surface area contributed by atoms with Gasteiger partial charge in [0.25, 0.3) is 5.91 Å². The maximum Gasteiger partial charge on any atom is 0.253 e. The summed E-state index contributed by atoms with van der Waals surface area (Å²) in [6, 6.07) is 14.3. The Balaban J connectivity index is 1.53. The minimum atomic E-state index is -3.63. The first kappa shape index (κ1) is 23.2. The molecule has 3 aromatic rings. The van der Waals surface area contributed by atoms with Gasteiger partial charge in [-0.05, 0) is 69.4 Å². The zero-order valence-corrected chi connectivity index (χ0v) is 20.3. The van der Waals surface area contributed by atoms with E-state index in [1.165, 1.54) is 12.1 Å². The normalized spacial score (nSPS) is 13.8. The van der Waals surface area contributed by atoms with Gasteiger partial charge in [0, 0.05) is 37.0 Å². The lowest BCUT2D eigenvalue weighted by atomic mass is 10.1. The maximum atomic E-state index is 13.1. The fourth-order valence-electron chi connectivity index (χ4n) is 3.90. The molecule has 1 fully saturated rings. The molecule has 0 unspecified atom stereocenters. The summed E-state index contributed by atoms with van der Waals surface area (Å²) in [5, 5.41) is 4.70. The van der Waals surface area contributed by atoms with Gasteiger partial charge in [0.05, 0.1) is 16.3 Å². The van der Waals surface area contributed by atoms with E-state index >= 15 is 0 Å². The summed E-state index contributed by atoms with van der Waals surface area (Å²) in [6.07, 6.45) is 2.12. The molecule has 0 spiro atoms. The van der Waals surface area contributed by atoms with E-state index in [9.17, 15) is 13.2 Å². The smallest absolute Gasteiger partial charge is 0.253 e. The first-order valence-electron chi connectivity index (χ1n) is 11.1. The van der Waals surface area contributed by atoms with Gasteiger partial charge in [0.2, 0.25) is 10.0 Å². The average Bonchev–Trinajstić information content (AvgIpc) is 3.59. The van der Waals surface area contributed by atoms with E-state index in [-0.39, 0.29) is 10.8 Å². The van der Waals surface area contributed by atoms with Crippen LogP contribution in [0.25, 0.3) is 5.69 Å². The lowest BCUT2D eigenvalue weighted by molar-refractivity contribution is 0.0784. The number of benzene rings is 2. The zero-order chi connectivity index (χ0) is 23.8. The van der Waals surface area contributed by atoms with E-state index < -0.39 is 10.0 Å². The Kier molecular flexibility index (Phi) is 6.41. The number of nitrogens with zero attached hydrogens (tertiary/aromatic N) is 3. The van der Waals surface area contributed by atoms with E-state index in [0.29, 0.717) is 24.6 Å². The molecule has 0 atom stereocenters. The highest BCUT2D eigenvalue weighted by Gasteiger charge is 2.25. The number of carbonyl (C=O) groups is 1. The molecule has 2 aromatic carbocycles. The van der Waals surface area contributed by atoms with Crippen molar-refractivity contribution in [2.24, 2.45) is 5.92 Å². The first-order chi connectivity index (χ1) is 15.7. The SMILES string of the molecule is Cc1ccccc1-n1nc(C)c(CN(C)C(=O)c2cccc(S(=O)(=O)NCC3CC3)c2)c1C. The number of carbonyl (C=O) groups excluding carboxylic acids is 1. The van der Waals surface area contributed by atoms with E-state index in [4.69, 9.17) is 5.10 Å². The van der Waals surface area contributed by atoms with Crippen LogP contribution in [0.5, 0.6) is 0 Å². The van der Waals surface area contributed by atoms with Crippen molar-refractivity contribution in [2.45, 2.75) is 45.1 Å². The highest BCUT2D eigenvalue weighted by Crippen LogP contribution is 2.28. The molecule has 7 nitrogen and oxygen atoms in total. The van der Waals surface area contributed by atoms with Gasteiger partial charge in [-0.25, -0.2) is 17.8 Å². The molecule has 0 aliphatic heterocycles. The topological polar surface area (TPSA) is 84.3 Å². The van der Waals surface area contributed by atoms with Gasteiger partial charge >= 0.3 is 0 Å². The second-order valence-corrected chi connectivity index (χ2v) is 10.6. The number of aromatic nitrogens is 2. The molecule has 1 aliphatic carbocycles. The Morgan fingerprint density at radius 2 is 1.85 bits per heavy atom. The van der Waals surface area contributed by atoms with Crippen LogP contribution in [0.1, 0.15) is 45.7 Å². The summed E-state index contributed by atoms with van der Waals surface area (Å²) in [4.78, 5) is 14.9. The van der Waals surface area contributed by atoms with Crippen LogP contribution in [-0.4, -0.2) is 42.6 Å². The molecule has 0 bridgehead atoms. The van der Waals surface area contributed by atoms with Gasteiger partial charge in [-0.1, -0.05) is 24.3 Å². The molecule has 174 valence electrons. The number of hydrogen-bond acceptors (Lipinski definition) is 4. The summed E-state index contributed by atoms with van der Waals surface area (Å²) >= 11 is 0. The van der Waals surface area contributed by atoms with Gasteiger partial charge in [0.1, 0.15) is 0 Å². The lowest BCUT2D eigenvalue weighted by Gasteiger charge is -2.18. The molecule has 0 radical (unpaired) electrons. The van der Waals surface area contributed by atoms with Crippen molar-refractivity contribution in [3.63, 3.8) is 0 Å². The standard InChI is InChI=1S/C25H30N4O3S/c1-17-8-5-6-11-24(17)29-19(3)23(18(2)27-29)16-28(4)25(30)21-9-7-10-22(14-21)33(31,32)26-15-20-12-13-20/h5-11,14,20,26H,12-13,15-16H2,1-4H3. The summed E-state index contributed by atoms with van der Waals surface area (Å²) in [6.45, 7) is 6.80. The Hall–Kier alpha value is -2.97. The molecule has 1 heterocycles. The molecule has 1 amide bonds. The van der Waals surface area contributed by atoms with Crippen LogP contribution in [0.3, 0.4) is 0 Å². The van der Waals surface area contributed by atoms with Crippen LogP contribution in [0.4, 0.5) is 0 Å². The second-order valence-electron chi connectivity index (χ2n) is 8.83. The van der Waals surface area contributed by atoms with Crippen LogP contribution < -0.4 is 4.72 Å².